The number of nitriles is 1. The largest absolute Gasteiger partial charge is 0.368 e. The molecule has 27 heavy (non-hydrogen) atoms. The quantitative estimate of drug-likeness (QED) is 0.728. The van der Waals surface area contributed by atoms with Crippen LogP contribution in [0.25, 0.3) is 0 Å². The van der Waals surface area contributed by atoms with Crippen LogP contribution >= 0.6 is 0 Å². The molecule has 0 aromatic carbocycles. The van der Waals surface area contributed by atoms with Gasteiger partial charge in [0.2, 0.25) is 0 Å². The normalized spacial score (nSPS) is 17.0. The maximum atomic E-state index is 9.73. The van der Waals surface area contributed by atoms with Crippen molar-refractivity contribution in [3.05, 3.63) is 46.7 Å². The second-order valence-electron chi connectivity index (χ2n) is 6.92. The van der Waals surface area contributed by atoms with E-state index in [4.69, 9.17) is 0 Å². The van der Waals surface area contributed by atoms with Gasteiger partial charge in [-0.15, -0.1) is 0 Å². The van der Waals surface area contributed by atoms with Crippen molar-refractivity contribution >= 4 is 5.82 Å². The summed E-state index contributed by atoms with van der Waals surface area (Å²) in [5, 5.41) is 16.1. The molecule has 7 heteroatoms. The van der Waals surface area contributed by atoms with Crippen LogP contribution in [-0.2, 0) is 6.54 Å². The summed E-state index contributed by atoms with van der Waals surface area (Å²) in [6.45, 7) is 7.11. The Morgan fingerprint density at radius 1 is 1.30 bits per heavy atom. The van der Waals surface area contributed by atoms with E-state index in [2.05, 4.69) is 49.5 Å². The zero-order valence-electron chi connectivity index (χ0n) is 16.3. The van der Waals surface area contributed by atoms with Gasteiger partial charge < -0.3 is 10.6 Å². The number of nitrogens with zero attached hydrogens (tertiary/aromatic N) is 5. The average molecular weight is 365 g/mol. The minimum absolute atomic E-state index is 0.272. The van der Waals surface area contributed by atoms with E-state index in [0.29, 0.717) is 30.3 Å². The maximum Gasteiger partial charge on any atom is 0.148 e. The molecule has 0 unspecified atom stereocenters. The van der Waals surface area contributed by atoms with Gasteiger partial charge in [-0.3, -0.25) is 9.88 Å². The third kappa shape index (κ3) is 4.41. The molecular formula is C20H27N7. The van der Waals surface area contributed by atoms with Gasteiger partial charge in [-0.2, -0.15) is 5.26 Å². The molecule has 0 bridgehead atoms. The highest BCUT2D eigenvalue weighted by atomic mass is 15.2. The van der Waals surface area contributed by atoms with Gasteiger partial charge in [0.05, 0.1) is 17.4 Å². The molecule has 1 aliphatic rings. The number of nitrogens with one attached hydrogen (secondary N) is 2. The van der Waals surface area contributed by atoms with Gasteiger partial charge in [0, 0.05) is 25.8 Å². The number of pyridine rings is 1. The Hall–Kier alpha value is -2.56. The summed E-state index contributed by atoms with van der Waals surface area (Å²) in [5.74, 6) is 1.31. The predicted octanol–water partition coefficient (Wildman–Crippen LogP) is 2.33. The smallest absolute Gasteiger partial charge is 0.148 e. The molecule has 142 valence electrons. The Labute approximate surface area is 160 Å². The van der Waals surface area contributed by atoms with Crippen LogP contribution < -0.4 is 10.6 Å². The fourth-order valence-electron chi connectivity index (χ4n) is 3.66. The van der Waals surface area contributed by atoms with E-state index in [0.717, 1.165) is 37.3 Å². The third-order valence-electron chi connectivity index (χ3n) is 4.96. The molecule has 1 atom stereocenters. The van der Waals surface area contributed by atoms with Crippen molar-refractivity contribution in [2.45, 2.75) is 39.3 Å². The van der Waals surface area contributed by atoms with Gasteiger partial charge in [0.25, 0.3) is 0 Å². The minimum Gasteiger partial charge on any atom is -0.368 e. The van der Waals surface area contributed by atoms with Crippen LogP contribution in [-0.4, -0.2) is 46.5 Å². The first-order valence-electron chi connectivity index (χ1n) is 9.45. The highest BCUT2D eigenvalue weighted by Crippen LogP contribution is 2.34. The van der Waals surface area contributed by atoms with Crippen LogP contribution in [0, 0.1) is 25.2 Å². The third-order valence-corrected chi connectivity index (χ3v) is 4.96. The molecule has 0 saturated carbocycles. The molecule has 2 aromatic heterocycles. The summed E-state index contributed by atoms with van der Waals surface area (Å²) in [6, 6.07) is 6.66. The van der Waals surface area contributed by atoms with Crippen molar-refractivity contribution in [3.8, 4) is 6.07 Å². The van der Waals surface area contributed by atoms with Crippen LogP contribution in [0.3, 0.4) is 0 Å². The summed E-state index contributed by atoms with van der Waals surface area (Å²) in [7, 11) is 1.90. The Balaban J connectivity index is 1.86. The molecule has 1 fully saturated rings. The van der Waals surface area contributed by atoms with Gasteiger partial charge >= 0.3 is 0 Å². The number of hydrogen-bond donors (Lipinski definition) is 2. The lowest BCUT2D eigenvalue weighted by molar-refractivity contribution is 0.240. The van der Waals surface area contributed by atoms with Crippen molar-refractivity contribution in [1.82, 2.24) is 25.2 Å². The zero-order valence-corrected chi connectivity index (χ0v) is 16.3. The molecule has 1 saturated heterocycles. The Morgan fingerprint density at radius 3 is 2.89 bits per heavy atom. The molecule has 2 aromatic rings. The summed E-state index contributed by atoms with van der Waals surface area (Å²) in [4.78, 5) is 16.0. The first-order valence-corrected chi connectivity index (χ1v) is 9.45. The molecule has 3 rings (SSSR count). The van der Waals surface area contributed by atoms with Crippen molar-refractivity contribution in [2.24, 2.45) is 0 Å². The Morgan fingerprint density at radius 2 is 2.15 bits per heavy atom. The number of likely N-dealkylation sites (tertiary alicyclic amines) is 1. The standard InChI is InChI=1S/C20H27N7/c1-14-6-4-8-23-19(14)18-7-5-11-27(18)13-17-16(12-21)20(24-10-9-22-3)26-15(2)25-17/h4,6,8,18,22H,5,7,9-11,13H2,1-3H3,(H,24,25,26)/t18-/m0/s1. The maximum absolute atomic E-state index is 9.73. The highest BCUT2D eigenvalue weighted by molar-refractivity contribution is 5.54. The molecule has 0 amide bonds. The average Bonchev–Trinajstić information content (AvgIpc) is 3.10. The molecule has 2 N–H and O–H groups in total. The van der Waals surface area contributed by atoms with Crippen LogP contribution in [0.4, 0.5) is 5.82 Å². The zero-order chi connectivity index (χ0) is 19.2. The summed E-state index contributed by atoms with van der Waals surface area (Å²) in [6.07, 6.45) is 4.06. The van der Waals surface area contributed by atoms with E-state index in [1.807, 2.05) is 26.2 Å². The summed E-state index contributed by atoms with van der Waals surface area (Å²) >= 11 is 0. The molecule has 3 heterocycles. The molecule has 7 nitrogen and oxygen atoms in total. The lowest BCUT2D eigenvalue weighted by Crippen LogP contribution is -2.26. The molecule has 1 aliphatic heterocycles. The van der Waals surface area contributed by atoms with E-state index in [1.54, 1.807) is 0 Å². The topological polar surface area (TPSA) is 89.8 Å². The summed E-state index contributed by atoms with van der Waals surface area (Å²) < 4.78 is 0. The van der Waals surface area contributed by atoms with E-state index in [9.17, 15) is 5.26 Å². The first-order chi connectivity index (χ1) is 13.1. The van der Waals surface area contributed by atoms with E-state index in [1.165, 1.54) is 5.56 Å². The van der Waals surface area contributed by atoms with Gasteiger partial charge in [0.1, 0.15) is 23.3 Å². The van der Waals surface area contributed by atoms with Crippen molar-refractivity contribution in [3.63, 3.8) is 0 Å². The number of aryl methyl sites for hydroxylation is 2. The van der Waals surface area contributed by atoms with Crippen molar-refractivity contribution in [1.29, 1.82) is 5.26 Å². The number of anilines is 1. The van der Waals surface area contributed by atoms with E-state index >= 15 is 0 Å². The van der Waals surface area contributed by atoms with Crippen LogP contribution in [0.15, 0.2) is 18.3 Å². The highest BCUT2D eigenvalue weighted by Gasteiger charge is 2.29. The Bertz CT molecular complexity index is 828. The van der Waals surface area contributed by atoms with Crippen LogP contribution in [0.2, 0.25) is 0 Å². The fraction of sp³-hybridized carbons (Fsp3) is 0.500. The fourth-order valence-corrected chi connectivity index (χ4v) is 3.66. The van der Waals surface area contributed by atoms with Gasteiger partial charge in [0.15, 0.2) is 0 Å². The molecular weight excluding hydrogens is 338 g/mol. The second-order valence-corrected chi connectivity index (χ2v) is 6.92. The Kier molecular flexibility index (Phi) is 6.32. The number of hydrogen-bond acceptors (Lipinski definition) is 7. The number of rotatable bonds is 7. The van der Waals surface area contributed by atoms with E-state index < -0.39 is 0 Å². The van der Waals surface area contributed by atoms with E-state index in [-0.39, 0.29) is 6.04 Å². The van der Waals surface area contributed by atoms with Gasteiger partial charge in [-0.1, -0.05) is 6.07 Å². The molecule has 0 aliphatic carbocycles. The lowest BCUT2D eigenvalue weighted by Gasteiger charge is -2.25. The second kappa shape index (κ2) is 8.89. The minimum atomic E-state index is 0.272. The van der Waals surface area contributed by atoms with Gasteiger partial charge in [-0.25, -0.2) is 9.97 Å². The molecule has 0 radical (unpaired) electrons. The van der Waals surface area contributed by atoms with Crippen LogP contribution in [0.1, 0.15) is 47.2 Å². The molecule has 0 spiro atoms. The van der Waals surface area contributed by atoms with Gasteiger partial charge in [-0.05, 0) is 51.9 Å². The van der Waals surface area contributed by atoms with Crippen molar-refractivity contribution in [2.75, 3.05) is 32.0 Å². The predicted molar refractivity (Wildman–Crippen MR) is 105 cm³/mol. The van der Waals surface area contributed by atoms with Crippen molar-refractivity contribution < 1.29 is 0 Å². The number of likely N-dealkylation sites (N-methyl/N-ethyl adjacent to an activating group) is 1. The summed E-state index contributed by atoms with van der Waals surface area (Å²) in [5.41, 5.74) is 3.67. The lowest BCUT2D eigenvalue weighted by atomic mass is 10.1. The monoisotopic (exact) mass is 365 g/mol. The van der Waals surface area contributed by atoms with Crippen LogP contribution in [0.5, 0.6) is 0 Å². The first kappa shape index (κ1) is 19.2. The SMILES string of the molecule is CNCCNc1nc(C)nc(CN2CCC[C@H]2c2ncccc2C)c1C#N. The number of aromatic nitrogens is 3.